The Morgan fingerprint density at radius 1 is 1.29 bits per heavy atom. The molecular weight excluding hydrogens is 208 g/mol. The lowest BCUT2D eigenvalue weighted by molar-refractivity contribution is 0.477. The Hall–Kier alpha value is -1.28. The minimum absolute atomic E-state index is 0.739. The van der Waals surface area contributed by atoms with E-state index in [-0.39, 0.29) is 0 Å². The highest BCUT2D eigenvalue weighted by atomic mass is 15.0. The lowest BCUT2D eigenvalue weighted by Crippen LogP contribution is -2.06. The van der Waals surface area contributed by atoms with Crippen molar-refractivity contribution < 1.29 is 0 Å². The Morgan fingerprint density at radius 2 is 2.12 bits per heavy atom. The maximum Gasteiger partial charge on any atom is 0.0480 e. The fraction of sp³-hybridized carbons (Fsp3) is 0.467. The van der Waals surface area contributed by atoms with Crippen LogP contribution >= 0.6 is 0 Å². The third-order valence-corrected chi connectivity index (χ3v) is 3.42. The molecule has 0 bridgehead atoms. The molecule has 2 nitrogen and oxygen atoms in total. The van der Waals surface area contributed by atoms with E-state index >= 15 is 0 Å². The first-order valence-corrected chi connectivity index (χ1v) is 6.47. The third-order valence-electron chi connectivity index (χ3n) is 3.42. The van der Waals surface area contributed by atoms with Crippen molar-refractivity contribution in [1.29, 1.82) is 0 Å². The summed E-state index contributed by atoms with van der Waals surface area (Å²) in [6.07, 6.45) is 3.44. The van der Waals surface area contributed by atoms with Crippen LogP contribution in [0.5, 0.6) is 0 Å². The van der Waals surface area contributed by atoms with Gasteiger partial charge in [-0.2, -0.15) is 0 Å². The predicted molar refractivity (Wildman–Crippen MR) is 74.2 cm³/mol. The lowest BCUT2D eigenvalue weighted by Gasteiger charge is -2.11. The molecule has 92 valence electrons. The maximum atomic E-state index is 3.19. The van der Waals surface area contributed by atoms with Gasteiger partial charge < -0.3 is 9.88 Å². The average Bonchev–Trinajstić information content (AvgIpc) is 2.72. The molecule has 0 saturated carbocycles. The van der Waals surface area contributed by atoms with Gasteiger partial charge >= 0.3 is 0 Å². The molecule has 1 aromatic carbocycles. The van der Waals surface area contributed by atoms with Crippen LogP contribution in [-0.2, 0) is 13.1 Å². The molecule has 0 amide bonds. The molecule has 1 aromatic heterocycles. The van der Waals surface area contributed by atoms with Crippen LogP contribution < -0.4 is 5.32 Å². The van der Waals surface area contributed by atoms with Gasteiger partial charge in [0.05, 0.1) is 0 Å². The summed E-state index contributed by atoms with van der Waals surface area (Å²) in [5, 5.41) is 4.54. The Bertz CT molecular complexity index is 485. The molecular formula is C15H22N2. The first-order chi connectivity index (χ1) is 8.24. The highest BCUT2D eigenvalue weighted by Crippen LogP contribution is 2.19. The number of rotatable bonds is 5. The van der Waals surface area contributed by atoms with Crippen LogP contribution in [0, 0.1) is 5.92 Å². The summed E-state index contributed by atoms with van der Waals surface area (Å²) in [6.45, 7) is 6.61. The van der Waals surface area contributed by atoms with Crippen molar-refractivity contribution in [2.45, 2.75) is 33.4 Å². The minimum Gasteiger partial charge on any atom is -0.347 e. The number of nitrogens with zero attached hydrogens (tertiary/aromatic N) is 1. The Balaban J connectivity index is 2.28. The monoisotopic (exact) mass is 230 g/mol. The SMILES string of the molecule is CCC(C)Cn1ccc2cc(CNC)ccc21. The highest BCUT2D eigenvalue weighted by molar-refractivity contribution is 5.80. The fourth-order valence-corrected chi connectivity index (χ4v) is 2.19. The molecule has 0 spiro atoms. The number of fused-ring (bicyclic) bond motifs is 1. The number of nitrogens with one attached hydrogen (secondary N) is 1. The van der Waals surface area contributed by atoms with E-state index in [9.17, 15) is 0 Å². The molecule has 2 heteroatoms. The van der Waals surface area contributed by atoms with Gasteiger partial charge in [-0.05, 0) is 42.1 Å². The van der Waals surface area contributed by atoms with E-state index in [1.807, 2.05) is 7.05 Å². The lowest BCUT2D eigenvalue weighted by atomic mass is 10.1. The van der Waals surface area contributed by atoms with E-state index in [0.717, 1.165) is 19.0 Å². The van der Waals surface area contributed by atoms with Gasteiger partial charge in [-0.25, -0.2) is 0 Å². The largest absolute Gasteiger partial charge is 0.347 e. The average molecular weight is 230 g/mol. The van der Waals surface area contributed by atoms with Crippen LogP contribution in [0.2, 0.25) is 0 Å². The van der Waals surface area contributed by atoms with Crippen molar-refractivity contribution in [1.82, 2.24) is 9.88 Å². The summed E-state index contributed by atoms with van der Waals surface area (Å²) in [6, 6.07) is 8.95. The number of aromatic nitrogens is 1. The summed E-state index contributed by atoms with van der Waals surface area (Å²) in [7, 11) is 1.98. The molecule has 0 radical (unpaired) electrons. The summed E-state index contributed by atoms with van der Waals surface area (Å²) in [5.41, 5.74) is 2.70. The van der Waals surface area contributed by atoms with Gasteiger partial charge in [-0.3, -0.25) is 0 Å². The molecule has 1 atom stereocenters. The summed E-state index contributed by atoms with van der Waals surface area (Å²) < 4.78 is 2.37. The van der Waals surface area contributed by atoms with Gasteiger partial charge in [0.15, 0.2) is 0 Å². The van der Waals surface area contributed by atoms with Crippen LogP contribution in [0.4, 0.5) is 0 Å². The maximum absolute atomic E-state index is 3.19. The number of hydrogen-bond acceptors (Lipinski definition) is 1. The molecule has 0 aliphatic heterocycles. The Labute approximate surface area is 104 Å². The van der Waals surface area contributed by atoms with Crippen molar-refractivity contribution in [3.05, 3.63) is 36.0 Å². The number of benzene rings is 1. The Morgan fingerprint density at radius 3 is 2.82 bits per heavy atom. The van der Waals surface area contributed by atoms with Gasteiger partial charge in [-0.15, -0.1) is 0 Å². The summed E-state index contributed by atoms with van der Waals surface area (Å²) in [4.78, 5) is 0. The molecule has 0 aliphatic carbocycles. The minimum atomic E-state index is 0.739. The fourth-order valence-electron chi connectivity index (χ4n) is 2.19. The van der Waals surface area contributed by atoms with Crippen molar-refractivity contribution in [3.63, 3.8) is 0 Å². The van der Waals surface area contributed by atoms with Crippen molar-refractivity contribution in [3.8, 4) is 0 Å². The van der Waals surface area contributed by atoms with E-state index in [4.69, 9.17) is 0 Å². The molecule has 0 fully saturated rings. The van der Waals surface area contributed by atoms with Gasteiger partial charge in [-0.1, -0.05) is 26.3 Å². The highest BCUT2D eigenvalue weighted by Gasteiger charge is 2.05. The van der Waals surface area contributed by atoms with Crippen LogP contribution in [0.25, 0.3) is 10.9 Å². The molecule has 2 aromatic rings. The van der Waals surface area contributed by atoms with E-state index in [2.05, 4.69) is 54.2 Å². The smallest absolute Gasteiger partial charge is 0.0480 e. The second-order valence-corrected chi connectivity index (χ2v) is 4.91. The zero-order valence-electron chi connectivity index (χ0n) is 11.0. The molecule has 0 saturated heterocycles. The second-order valence-electron chi connectivity index (χ2n) is 4.91. The predicted octanol–water partition coefficient (Wildman–Crippen LogP) is 3.41. The normalized spacial score (nSPS) is 13.1. The Kier molecular flexibility index (Phi) is 3.85. The molecule has 1 heterocycles. The summed E-state index contributed by atoms with van der Waals surface area (Å²) in [5.74, 6) is 0.739. The van der Waals surface area contributed by atoms with Crippen molar-refractivity contribution >= 4 is 10.9 Å². The second kappa shape index (κ2) is 5.37. The third kappa shape index (κ3) is 2.70. The van der Waals surface area contributed by atoms with Crippen LogP contribution in [-0.4, -0.2) is 11.6 Å². The summed E-state index contributed by atoms with van der Waals surface area (Å²) >= 11 is 0. The van der Waals surface area contributed by atoms with Gasteiger partial charge in [0.25, 0.3) is 0 Å². The zero-order valence-corrected chi connectivity index (χ0v) is 11.0. The quantitative estimate of drug-likeness (QED) is 0.833. The zero-order chi connectivity index (χ0) is 12.3. The first-order valence-electron chi connectivity index (χ1n) is 6.47. The van der Waals surface area contributed by atoms with E-state index < -0.39 is 0 Å². The van der Waals surface area contributed by atoms with Crippen LogP contribution in [0.3, 0.4) is 0 Å². The van der Waals surface area contributed by atoms with Gasteiger partial charge in [0, 0.05) is 24.8 Å². The molecule has 2 rings (SSSR count). The van der Waals surface area contributed by atoms with E-state index in [1.165, 1.54) is 22.9 Å². The topological polar surface area (TPSA) is 17.0 Å². The molecule has 1 unspecified atom stereocenters. The van der Waals surface area contributed by atoms with E-state index in [1.54, 1.807) is 0 Å². The van der Waals surface area contributed by atoms with Gasteiger partial charge in [0.2, 0.25) is 0 Å². The first kappa shape index (κ1) is 12.2. The van der Waals surface area contributed by atoms with Crippen LogP contribution in [0.1, 0.15) is 25.8 Å². The number of hydrogen-bond donors (Lipinski definition) is 1. The molecule has 17 heavy (non-hydrogen) atoms. The molecule has 1 N–H and O–H groups in total. The van der Waals surface area contributed by atoms with Crippen molar-refractivity contribution in [2.24, 2.45) is 5.92 Å². The van der Waals surface area contributed by atoms with E-state index in [0.29, 0.717) is 0 Å². The van der Waals surface area contributed by atoms with Gasteiger partial charge in [0.1, 0.15) is 0 Å². The molecule has 0 aliphatic rings. The standard InChI is InChI=1S/C15H22N2/c1-4-12(2)11-17-8-7-14-9-13(10-16-3)5-6-15(14)17/h5-9,12,16H,4,10-11H2,1-3H3. The van der Waals surface area contributed by atoms with Crippen LogP contribution in [0.15, 0.2) is 30.5 Å². The van der Waals surface area contributed by atoms with Crippen molar-refractivity contribution in [2.75, 3.05) is 7.05 Å².